The first-order chi connectivity index (χ1) is 10.1. The van der Waals surface area contributed by atoms with Gasteiger partial charge in [-0.05, 0) is 50.1 Å². The molecule has 1 aromatic rings. The molecular formula is C15H19ClN4O. The van der Waals surface area contributed by atoms with Gasteiger partial charge in [-0.15, -0.1) is 0 Å². The van der Waals surface area contributed by atoms with Gasteiger partial charge in [0.05, 0.1) is 5.69 Å². The Balaban J connectivity index is 1.83. The molecule has 21 heavy (non-hydrogen) atoms. The number of aryl methyl sites for hydroxylation is 1. The second-order valence-electron chi connectivity index (χ2n) is 6.39. The van der Waals surface area contributed by atoms with Crippen LogP contribution in [-0.2, 0) is 4.79 Å². The zero-order chi connectivity index (χ0) is 14.6. The minimum atomic E-state index is -0.0778. The highest BCUT2D eigenvalue weighted by molar-refractivity contribution is 6.28. The summed E-state index contributed by atoms with van der Waals surface area (Å²) in [6.45, 7) is 1.87. The highest BCUT2D eigenvalue weighted by atomic mass is 35.5. The van der Waals surface area contributed by atoms with Crippen LogP contribution in [0.5, 0.6) is 0 Å². The quantitative estimate of drug-likeness (QED) is 0.854. The second-order valence-corrected chi connectivity index (χ2v) is 6.73. The van der Waals surface area contributed by atoms with E-state index in [2.05, 4.69) is 20.2 Å². The van der Waals surface area contributed by atoms with Crippen LogP contribution in [0.3, 0.4) is 0 Å². The number of halogens is 1. The third-order valence-corrected chi connectivity index (χ3v) is 5.06. The van der Waals surface area contributed by atoms with Gasteiger partial charge in [0.1, 0.15) is 11.7 Å². The fourth-order valence-corrected chi connectivity index (χ4v) is 3.96. The fourth-order valence-electron chi connectivity index (χ4n) is 3.75. The number of anilines is 2. The van der Waals surface area contributed by atoms with Crippen molar-refractivity contribution < 1.29 is 4.79 Å². The molecule has 2 fully saturated rings. The van der Waals surface area contributed by atoms with Crippen molar-refractivity contribution in [3.05, 3.63) is 11.0 Å². The topological polar surface area (TPSA) is 58.1 Å². The van der Waals surface area contributed by atoms with Crippen LogP contribution < -0.4 is 10.2 Å². The normalized spacial score (nSPS) is 25.9. The van der Waals surface area contributed by atoms with Crippen LogP contribution in [0.15, 0.2) is 0 Å². The summed E-state index contributed by atoms with van der Waals surface area (Å²) in [5.74, 6) is 1.40. The van der Waals surface area contributed by atoms with Gasteiger partial charge in [0.2, 0.25) is 11.2 Å². The van der Waals surface area contributed by atoms with Crippen molar-refractivity contribution in [2.45, 2.75) is 57.5 Å². The summed E-state index contributed by atoms with van der Waals surface area (Å²) >= 11 is 6.07. The van der Waals surface area contributed by atoms with Crippen LogP contribution in [-0.4, -0.2) is 28.0 Å². The summed E-state index contributed by atoms with van der Waals surface area (Å²) in [5, 5.41) is 3.28. The molecular weight excluding hydrogens is 288 g/mol. The Labute approximate surface area is 129 Å². The molecule has 2 heterocycles. The van der Waals surface area contributed by atoms with Crippen LogP contribution in [0.4, 0.5) is 11.5 Å². The van der Waals surface area contributed by atoms with E-state index in [0.717, 1.165) is 42.9 Å². The zero-order valence-corrected chi connectivity index (χ0v) is 12.9. The maximum Gasteiger partial charge on any atom is 0.247 e. The molecule has 2 saturated carbocycles. The number of carbonyl (C=O) groups excluding carboxylic acids is 1. The first-order valence-electron chi connectivity index (χ1n) is 7.78. The van der Waals surface area contributed by atoms with E-state index in [9.17, 15) is 4.79 Å². The summed E-state index contributed by atoms with van der Waals surface area (Å²) < 4.78 is 0. The Kier molecular flexibility index (Phi) is 3.06. The van der Waals surface area contributed by atoms with E-state index in [1.54, 1.807) is 0 Å². The van der Waals surface area contributed by atoms with Crippen LogP contribution in [0, 0.1) is 12.8 Å². The minimum absolute atomic E-state index is 0.0778. The summed E-state index contributed by atoms with van der Waals surface area (Å²) in [6, 6.07) is 0.330. The number of fused-ring (bicyclic) bond motifs is 1. The molecule has 6 heteroatoms. The van der Waals surface area contributed by atoms with Gasteiger partial charge in [-0.25, -0.2) is 4.98 Å². The first kappa shape index (κ1) is 13.3. The lowest BCUT2D eigenvalue weighted by atomic mass is 10.0. The van der Waals surface area contributed by atoms with Gasteiger partial charge in [-0.1, -0.05) is 12.8 Å². The molecule has 112 valence electrons. The number of hydrogen-bond acceptors (Lipinski definition) is 4. The number of rotatable bonds is 2. The maximum absolute atomic E-state index is 12.6. The van der Waals surface area contributed by atoms with Gasteiger partial charge < -0.3 is 10.2 Å². The predicted molar refractivity (Wildman–Crippen MR) is 81.7 cm³/mol. The third kappa shape index (κ3) is 2.18. The SMILES string of the molecule is Cc1nc(Cl)nc2c1NC(=O)[C@@H](C1CC1)N2C1CCCC1. The number of amides is 1. The van der Waals surface area contributed by atoms with Crippen LogP contribution in [0.25, 0.3) is 0 Å². The summed E-state index contributed by atoms with van der Waals surface area (Å²) in [4.78, 5) is 23.5. The largest absolute Gasteiger partial charge is 0.339 e. The van der Waals surface area contributed by atoms with Crippen LogP contribution in [0.1, 0.15) is 44.2 Å². The molecule has 3 aliphatic rings. The lowest BCUT2D eigenvalue weighted by Crippen LogP contribution is -2.54. The van der Waals surface area contributed by atoms with Crippen LogP contribution >= 0.6 is 11.6 Å². The van der Waals surface area contributed by atoms with Gasteiger partial charge in [-0.2, -0.15) is 4.98 Å². The van der Waals surface area contributed by atoms with E-state index < -0.39 is 0 Å². The molecule has 1 atom stereocenters. The third-order valence-electron chi connectivity index (χ3n) is 4.89. The van der Waals surface area contributed by atoms with Crippen molar-refractivity contribution >= 4 is 29.0 Å². The number of nitrogens with zero attached hydrogens (tertiary/aromatic N) is 3. The van der Waals surface area contributed by atoms with Crippen molar-refractivity contribution in [3.63, 3.8) is 0 Å². The Bertz CT molecular complexity index is 596. The molecule has 1 amide bonds. The standard InChI is InChI=1S/C15H19ClN4O/c1-8-11-13(19-15(16)17-8)20(10-4-2-3-5-10)12(9-6-7-9)14(21)18-11/h9-10,12H,2-7H2,1H3,(H,18,21)/t12-/m1/s1. The maximum atomic E-state index is 12.6. The van der Waals surface area contributed by atoms with Crippen molar-refractivity contribution in [1.29, 1.82) is 0 Å². The Hall–Kier alpha value is -1.36. The van der Waals surface area contributed by atoms with E-state index >= 15 is 0 Å². The summed E-state index contributed by atoms with van der Waals surface area (Å²) in [6.07, 6.45) is 7.00. The first-order valence-corrected chi connectivity index (χ1v) is 8.16. The average Bonchev–Trinajstić information content (AvgIpc) is 3.13. The molecule has 5 nitrogen and oxygen atoms in total. The van der Waals surface area contributed by atoms with E-state index in [1.807, 2.05) is 6.92 Å². The van der Waals surface area contributed by atoms with E-state index in [4.69, 9.17) is 11.6 Å². The van der Waals surface area contributed by atoms with Gasteiger partial charge in [0.15, 0.2) is 5.82 Å². The Morgan fingerprint density at radius 3 is 2.57 bits per heavy atom. The molecule has 0 bridgehead atoms. The molecule has 1 aromatic heterocycles. The molecule has 0 saturated heterocycles. The number of hydrogen-bond donors (Lipinski definition) is 1. The van der Waals surface area contributed by atoms with E-state index in [-0.39, 0.29) is 17.2 Å². The molecule has 0 unspecified atom stereocenters. The van der Waals surface area contributed by atoms with Gasteiger partial charge in [0, 0.05) is 6.04 Å². The van der Waals surface area contributed by atoms with Crippen molar-refractivity contribution in [2.24, 2.45) is 5.92 Å². The molecule has 2 aliphatic carbocycles. The van der Waals surface area contributed by atoms with Gasteiger partial charge >= 0.3 is 0 Å². The molecule has 1 N–H and O–H groups in total. The Morgan fingerprint density at radius 1 is 1.19 bits per heavy atom. The minimum Gasteiger partial charge on any atom is -0.339 e. The van der Waals surface area contributed by atoms with Crippen molar-refractivity contribution in [1.82, 2.24) is 9.97 Å². The second kappa shape index (κ2) is 4.83. The zero-order valence-electron chi connectivity index (χ0n) is 12.1. The molecule has 0 spiro atoms. The Morgan fingerprint density at radius 2 is 1.90 bits per heavy atom. The lowest BCUT2D eigenvalue weighted by molar-refractivity contribution is -0.118. The number of aromatic nitrogens is 2. The van der Waals surface area contributed by atoms with Crippen LogP contribution in [0.2, 0.25) is 5.28 Å². The molecule has 0 aromatic carbocycles. The van der Waals surface area contributed by atoms with Crippen molar-refractivity contribution in [2.75, 3.05) is 10.2 Å². The van der Waals surface area contributed by atoms with E-state index in [0.29, 0.717) is 12.0 Å². The number of nitrogens with one attached hydrogen (secondary N) is 1. The molecule has 0 radical (unpaired) electrons. The summed E-state index contributed by atoms with van der Waals surface area (Å²) in [7, 11) is 0. The summed E-state index contributed by atoms with van der Waals surface area (Å²) in [5.41, 5.74) is 1.49. The highest BCUT2D eigenvalue weighted by Gasteiger charge is 2.47. The van der Waals surface area contributed by atoms with E-state index in [1.165, 1.54) is 12.8 Å². The lowest BCUT2D eigenvalue weighted by Gasteiger charge is -2.41. The molecule has 1 aliphatic heterocycles. The average molecular weight is 307 g/mol. The fraction of sp³-hybridized carbons (Fsp3) is 0.667. The predicted octanol–water partition coefficient (Wildman–Crippen LogP) is 2.92. The van der Waals surface area contributed by atoms with Crippen molar-refractivity contribution in [3.8, 4) is 0 Å². The monoisotopic (exact) mass is 306 g/mol. The smallest absolute Gasteiger partial charge is 0.247 e. The van der Waals surface area contributed by atoms with Gasteiger partial charge in [-0.3, -0.25) is 4.79 Å². The van der Waals surface area contributed by atoms with Gasteiger partial charge in [0.25, 0.3) is 0 Å². The number of carbonyl (C=O) groups is 1. The molecule has 4 rings (SSSR count). The highest BCUT2D eigenvalue weighted by Crippen LogP contribution is 2.45.